The van der Waals surface area contributed by atoms with E-state index in [4.69, 9.17) is 28.8 Å². The van der Waals surface area contributed by atoms with E-state index in [0.29, 0.717) is 39.6 Å². The largest absolute Gasteiger partial charge is 0.478 e. The van der Waals surface area contributed by atoms with Crippen molar-refractivity contribution in [3.63, 3.8) is 0 Å². The summed E-state index contributed by atoms with van der Waals surface area (Å²) in [7, 11) is 0. The molecule has 0 spiro atoms. The van der Waals surface area contributed by atoms with Crippen LogP contribution in [0.2, 0.25) is 0 Å². The average Bonchev–Trinajstić information content (AvgIpc) is 2.75. The van der Waals surface area contributed by atoms with Crippen molar-refractivity contribution in [2.45, 2.75) is 45.8 Å². The lowest BCUT2D eigenvalue weighted by atomic mass is 10.1. The lowest BCUT2D eigenvalue weighted by Gasteiger charge is -2.19. The highest BCUT2D eigenvalue weighted by Gasteiger charge is 2.15. The fourth-order valence-electron chi connectivity index (χ4n) is 2.29. The van der Waals surface area contributed by atoms with Crippen molar-refractivity contribution in [1.82, 2.24) is 0 Å². The van der Waals surface area contributed by atoms with Gasteiger partial charge < -0.3 is 28.8 Å². The van der Waals surface area contributed by atoms with E-state index >= 15 is 0 Å². The van der Waals surface area contributed by atoms with Crippen LogP contribution in [0, 0.1) is 0 Å². The highest BCUT2D eigenvalue weighted by Crippen LogP contribution is 2.07. The molecule has 0 bridgehead atoms. The van der Waals surface area contributed by atoms with Crippen LogP contribution in [0.15, 0.2) is 24.3 Å². The van der Waals surface area contributed by atoms with Crippen molar-refractivity contribution in [1.29, 1.82) is 0 Å². The van der Waals surface area contributed by atoms with Crippen LogP contribution in [0.5, 0.6) is 0 Å². The first-order valence-electron chi connectivity index (χ1n) is 10.5. The van der Waals surface area contributed by atoms with Crippen molar-refractivity contribution in [3.05, 3.63) is 35.4 Å². The Morgan fingerprint density at radius 1 is 0.800 bits per heavy atom. The molecular formula is C22H34O8. The van der Waals surface area contributed by atoms with E-state index in [0.717, 1.165) is 25.7 Å². The van der Waals surface area contributed by atoms with Gasteiger partial charge in [0, 0.05) is 13.2 Å². The second-order valence-electron chi connectivity index (χ2n) is 6.58. The molecule has 0 saturated carbocycles. The number of aromatic carboxylic acids is 1. The Kier molecular flexibility index (Phi) is 14.5. The molecular weight excluding hydrogens is 392 g/mol. The van der Waals surface area contributed by atoms with Crippen molar-refractivity contribution in [3.8, 4) is 0 Å². The van der Waals surface area contributed by atoms with Gasteiger partial charge >= 0.3 is 11.9 Å². The lowest BCUT2D eigenvalue weighted by molar-refractivity contribution is -0.176. The number of carboxylic acids is 1. The lowest BCUT2D eigenvalue weighted by Crippen LogP contribution is -2.28. The van der Waals surface area contributed by atoms with E-state index in [9.17, 15) is 9.59 Å². The van der Waals surface area contributed by atoms with Gasteiger partial charge in [-0.3, -0.25) is 0 Å². The zero-order valence-corrected chi connectivity index (χ0v) is 18.0. The Hall–Kier alpha value is -2.00. The van der Waals surface area contributed by atoms with Gasteiger partial charge in [-0.15, -0.1) is 0 Å². The van der Waals surface area contributed by atoms with Gasteiger partial charge in [0.05, 0.1) is 37.6 Å². The molecule has 30 heavy (non-hydrogen) atoms. The quantitative estimate of drug-likeness (QED) is 0.216. The standard InChI is InChI=1S/C22H34O8/c1-3-5-11-26-13-15-28-20(29-16-14-27-12-6-4-2)17-30-22(25)19-9-7-18(8-10-19)21(23)24/h7-10,20H,3-6,11-17H2,1-2H3,(H,23,24). The summed E-state index contributed by atoms with van der Waals surface area (Å²) in [6, 6.07) is 5.52. The van der Waals surface area contributed by atoms with Gasteiger partial charge in [0.1, 0.15) is 6.61 Å². The maximum absolute atomic E-state index is 12.2. The Balaban J connectivity index is 2.43. The zero-order valence-electron chi connectivity index (χ0n) is 18.0. The van der Waals surface area contributed by atoms with Crippen LogP contribution < -0.4 is 0 Å². The molecule has 8 nitrogen and oxygen atoms in total. The van der Waals surface area contributed by atoms with Crippen LogP contribution in [0.3, 0.4) is 0 Å². The van der Waals surface area contributed by atoms with E-state index < -0.39 is 18.2 Å². The number of hydrogen-bond acceptors (Lipinski definition) is 7. The minimum Gasteiger partial charge on any atom is -0.478 e. The molecule has 1 aromatic rings. The molecule has 0 saturated heterocycles. The number of ether oxygens (including phenoxy) is 5. The van der Waals surface area contributed by atoms with Gasteiger partial charge in [0.15, 0.2) is 6.29 Å². The summed E-state index contributed by atoms with van der Waals surface area (Å²) in [5, 5.41) is 8.92. The summed E-state index contributed by atoms with van der Waals surface area (Å²) in [5.41, 5.74) is 0.354. The molecule has 0 aromatic heterocycles. The Labute approximate surface area is 178 Å². The molecule has 1 rings (SSSR count). The number of esters is 1. The summed E-state index contributed by atoms with van der Waals surface area (Å²) in [4.78, 5) is 23.1. The molecule has 8 heteroatoms. The predicted octanol–water partition coefficient (Wildman–Crippen LogP) is 3.53. The van der Waals surface area contributed by atoms with E-state index in [1.807, 2.05) is 0 Å². The van der Waals surface area contributed by atoms with E-state index in [1.165, 1.54) is 24.3 Å². The predicted molar refractivity (Wildman–Crippen MR) is 111 cm³/mol. The number of hydrogen-bond donors (Lipinski definition) is 1. The summed E-state index contributed by atoms with van der Waals surface area (Å²) in [6.07, 6.45) is 3.37. The van der Waals surface area contributed by atoms with E-state index in [1.54, 1.807) is 0 Å². The third kappa shape index (κ3) is 11.9. The average molecular weight is 427 g/mol. The van der Waals surface area contributed by atoms with E-state index in [-0.39, 0.29) is 17.7 Å². The third-order valence-electron chi connectivity index (χ3n) is 4.07. The highest BCUT2D eigenvalue weighted by atomic mass is 16.7. The highest BCUT2D eigenvalue weighted by molar-refractivity contribution is 5.92. The van der Waals surface area contributed by atoms with Crippen molar-refractivity contribution < 1.29 is 38.4 Å². The monoisotopic (exact) mass is 426 g/mol. The smallest absolute Gasteiger partial charge is 0.338 e. The summed E-state index contributed by atoms with van der Waals surface area (Å²) >= 11 is 0. The van der Waals surface area contributed by atoms with Crippen LogP contribution in [0.25, 0.3) is 0 Å². The van der Waals surface area contributed by atoms with Crippen LogP contribution in [-0.2, 0) is 23.7 Å². The first-order valence-corrected chi connectivity index (χ1v) is 10.5. The number of carbonyl (C=O) groups is 2. The Morgan fingerprint density at radius 2 is 1.30 bits per heavy atom. The maximum Gasteiger partial charge on any atom is 0.338 e. The molecule has 0 atom stereocenters. The molecule has 0 radical (unpaired) electrons. The number of carbonyl (C=O) groups excluding carboxylic acids is 1. The minimum atomic E-state index is -1.06. The van der Waals surface area contributed by atoms with Crippen LogP contribution in [0.1, 0.15) is 60.2 Å². The summed E-state index contributed by atoms with van der Waals surface area (Å²) in [5.74, 6) is -1.64. The molecule has 170 valence electrons. The summed E-state index contributed by atoms with van der Waals surface area (Å²) in [6.45, 7) is 6.94. The molecule has 0 aliphatic rings. The fraction of sp³-hybridized carbons (Fsp3) is 0.636. The first kappa shape index (κ1) is 26.0. The normalized spacial score (nSPS) is 11.0. The van der Waals surface area contributed by atoms with Gasteiger partial charge in [-0.1, -0.05) is 26.7 Å². The second kappa shape index (κ2) is 16.8. The molecule has 1 N–H and O–H groups in total. The molecule has 0 heterocycles. The molecule has 0 fully saturated rings. The maximum atomic E-state index is 12.2. The minimum absolute atomic E-state index is 0.0938. The fourth-order valence-corrected chi connectivity index (χ4v) is 2.29. The van der Waals surface area contributed by atoms with Crippen LogP contribution in [0.4, 0.5) is 0 Å². The Bertz CT molecular complexity index is 571. The topological polar surface area (TPSA) is 101 Å². The van der Waals surface area contributed by atoms with Gasteiger partial charge in [-0.2, -0.15) is 0 Å². The van der Waals surface area contributed by atoms with Crippen LogP contribution >= 0.6 is 0 Å². The van der Waals surface area contributed by atoms with Gasteiger partial charge in [0.25, 0.3) is 0 Å². The van der Waals surface area contributed by atoms with Crippen molar-refractivity contribution in [2.75, 3.05) is 46.2 Å². The number of benzene rings is 1. The van der Waals surface area contributed by atoms with E-state index in [2.05, 4.69) is 13.8 Å². The number of rotatable bonds is 18. The molecule has 0 unspecified atom stereocenters. The van der Waals surface area contributed by atoms with Crippen molar-refractivity contribution >= 4 is 11.9 Å². The SMILES string of the molecule is CCCCOCCOC(COC(=O)c1ccc(C(=O)O)cc1)OCCOCCCC. The second-order valence-corrected chi connectivity index (χ2v) is 6.58. The van der Waals surface area contributed by atoms with Gasteiger partial charge in [-0.25, -0.2) is 9.59 Å². The first-order chi connectivity index (χ1) is 14.6. The zero-order chi connectivity index (χ0) is 22.0. The molecule has 1 aromatic carbocycles. The van der Waals surface area contributed by atoms with Gasteiger partial charge in [-0.05, 0) is 37.1 Å². The number of unbranched alkanes of at least 4 members (excludes halogenated alkanes) is 2. The third-order valence-corrected chi connectivity index (χ3v) is 4.07. The summed E-state index contributed by atoms with van der Waals surface area (Å²) < 4.78 is 27.4. The van der Waals surface area contributed by atoms with Crippen LogP contribution in [-0.4, -0.2) is 69.6 Å². The Morgan fingerprint density at radius 3 is 1.77 bits per heavy atom. The van der Waals surface area contributed by atoms with Gasteiger partial charge in [0.2, 0.25) is 0 Å². The molecule has 0 amide bonds. The van der Waals surface area contributed by atoms with Crippen molar-refractivity contribution in [2.24, 2.45) is 0 Å². The number of carboxylic acid groups (broad SMARTS) is 1. The molecule has 0 aliphatic carbocycles. The molecule has 0 aliphatic heterocycles.